The van der Waals surface area contributed by atoms with Gasteiger partial charge in [-0.05, 0) is 32.4 Å². The number of ether oxygens (including phenoxy) is 1. The van der Waals surface area contributed by atoms with Crippen LogP contribution in [0.15, 0.2) is 23.2 Å². The maximum Gasteiger partial charge on any atom is 0.422 e. The van der Waals surface area contributed by atoms with Crippen LogP contribution in [0.2, 0.25) is 0 Å². The third-order valence-electron chi connectivity index (χ3n) is 3.44. The normalized spacial score (nSPS) is 12.9. The van der Waals surface area contributed by atoms with E-state index >= 15 is 0 Å². The minimum Gasteiger partial charge on any atom is -0.484 e. The third-order valence-corrected chi connectivity index (χ3v) is 4.37. The zero-order chi connectivity index (χ0) is 21.6. The Balaban J connectivity index is 0.00000784. The van der Waals surface area contributed by atoms with E-state index in [-0.39, 0.29) is 42.8 Å². The molecule has 0 spiro atoms. The van der Waals surface area contributed by atoms with Gasteiger partial charge in [-0.1, -0.05) is 12.1 Å². The second-order valence-electron chi connectivity index (χ2n) is 7.05. The molecule has 0 radical (unpaired) electrons. The third kappa shape index (κ3) is 12.1. The van der Waals surface area contributed by atoms with Crippen molar-refractivity contribution >= 4 is 40.0 Å². The van der Waals surface area contributed by atoms with E-state index in [0.717, 1.165) is 11.8 Å². The molecule has 0 aliphatic heterocycles. The molecule has 0 unspecified atom stereocenters. The van der Waals surface area contributed by atoms with E-state index in [4.69, 9.17) is 4.74 Å². The van der Waals surface area contributed by atoms with Gasteiger partial charge in [-0.2, -0.15) is 13.2 Å². The minimum atomic E-state index is -4.43. The first-order valence-corrected chi connectivity index (χ1v) is 10.3. The highest BCUT2D eigenvalue weighted by molar-refractivity contribution is 14.0. The van der Waals surface area contributed by atoms with Gasteiger partial charge in [-0.3, -0.25) is 4.99 Å². The van der Waals surface area contributed by atoms with Crippen molar-refractivity contribution in [1.82, 2.24) is 15.4 Å². The smallest absolute Gasteiger partial charge is 0.422 e. The molecule has 0 atom stereocenters. The molecule has 0 amide bonds. The monoisotopic (exact) mass is 552 g/mol. The van der Waals surface area contributed by atoms with Crippen LogP contribution in [0.3, 0.4) is 0 Å². The van der Waals surface area contributed by atoms with Crippen LogP contribution in [-0.2, 0) is 16.6 Å². The lowest BCUT2D eigenvalue weighted by atomic mass is 10.1. The Labute approximate surface area is 187 Å². The van der Waals surface area contributed by atoms with Crippen LogP contribution >= 0.6 is 24.0 Å². The predicted molar refractivity (Wildman–Crippen MR) is 118 cm³/mol. The van der Waals surface area contributed by atoms with Gasteiger partial charge in [0.05, 0.1) is 6.26 Å². The van der Waals surface area contributed by atoms with Crippen LogP contribution in [0.1, 0.15) is 25.0 Å². The zero-order valence-corrected chi connectivity index (χ0v) is 20.1. The summed E-state index contributed by atoms with van der Waals surface area (Å²) < 4.78 is 67.6. The lowest BCUT2D eigenvalue weighted by molar-refractivity contribution is -0.153. The number of hydrogen-bond acceptors (Lipinski definition) is 4. The first-order chi connectivity index (χ1) is 12.7. The molecular weight excluding hydrogens is 524 g/mol. The fourth-order valence-electron chi connectivity index (χ4n) is 2.34. The van der Waals surface area contributed by atoms with E-state index in [0.29, 0.717) is 11.5 Å². The Kier molecular flexibility index (Phi) is 10.7. The fourth-order valence-corrected chi connectivity index (χ4v) is 3.42. The number of rotatable bonds is 8. The molecule has 0 aromatic heterocycles. The standard InChI is InChI=1S/C17H27F3N4O3S.HI/c1-12-6-7-13(14(8-12)27-11-17(18,19)20)9-22-15(21-4)23-10-16(2,3)24-28(5,25)26;/h6-8,24H,9-11H2,1-5H3,(H2,21,22,23);1H. The molecule has 0 saturated heterocycles. The van der Waals surface area contributed by atoms with Crippen LogP contribution in [-0.4, -0.2) is 52.5 Å². The van der Waals surface area contributed by atoms with Crippen molar-refractivity contribution in [2.24, 2.45) is 4.99 Å². The summed E-state index contributed by atoms with van der Waals surface area (Å²) in [6.45, 7) is 4.21. The molecule has 3 N–H and O–H groups in total. The number of alkyl halides is 3. The summed E-state index contributed by atoms with van der Waals surface area (Å²) in [6, 6.07) is 4.99. The second kappa shape index (κ2) is 11.2. The number of aliphatic imine (C=N–C) groups is 1. The Bertz CT molecular complexity index is 800. The van der Waals surface area contributed by atoms with E-state index in [9.17, 15) is 21.6 Å². The number of sulfonamides is 1. The Hall–Kier alpha value is -1.28. The molecule has 29 heavy (non-hydrogen) atoms. The van der Waals surface area contributed by atoms with E-state index in [1.165, 1.54) is 13.1 Å². The molecule has 0 fully saturated rings. The fraction of sp³-hybridized carbons (Fsp3) is 0.588. The van der Waals surface area contributed by atoms with Crippen molar-refractivity contribution in [3.05, 3.63) is 29.3 Å². The molecule has 0 saturated carbocycles. The van der Waals surface area contributed by atoms with Gasteiger partial charge in [0.25, 0.3) is 0 Å². The highest BCUT2D eigenvalue weighted by Gasteiger charge is 2.29. The van der Waals surface area contributed by atoms with Crippen LogP contribution in [0, 0.1) is 6.92 Å². The summed E-state index contributed by atoms with van der Waals surface area (Å²) in [4.78, 5) is 4.03. The van der Waals surface area contributed by atoms with Gasteiger partial charge in [-0.15, -0.1) is 24.0 Å². The molecule has 1 rings (SSSR count). The topological polar surface area (TPSA) is 91.8 Å². The van der Waals surface area contributed by atoms with Gasteiger partial charge in [0.15, 0.2) is 12.6 Å². The van der Waals surface area contributed by atoms with Gasteiger partial charge >= 0.3 is 6.18 Å². The number of guanidine groups is 1. The number of halogens is 4. The summed E-state index contributed by atoms with van der Waals surface area (Å²) in [5.74, 6) is 0.505. The number of nitrogens with one attached hydrogen (secondary N) is 3. The number of benzene rings is 1. The van der Waals surface area contributed by atoms with E-state index in [1.807, 2.05) is 0 Å². The lowest BCUT2D eigenvalue weighted by Crippen LogP contribution is -2.52. The molecule has 0 aliphatic carbocycles. The molecule has 0 aliphatic rings. The van der Waals surface area contributed by atoms with Gasteiger partial charge in [0.1, 0.15) is 5.75 Å². The molecular formula is C17H28F3IN4O3S. The first kappa shape index (κ1) is 27.7. The average molecular weight is 552 g/mol. The maximum absolute atomic E-state index is 12.5. The van der Waals surface area contributed by atoms with Crippen LogP contribution in [0.5, 0.6) is 5.75 Å². The van der Waals surface area contributed by atoms with Crippen molar-refractivity contribution in [3.8, 4) is 5.75 Å². The van der Waals surface area contributed by atoms with Crippen molar-refractivity contribution in [2.75, 3.05) is 26.5 Å². The van der Waals surface area contributed by atoms with Crippen molar-refractivity contribution < 1.29 is 26.3 Å². The largest absolute Gasteiger partial charge is 0.484 e. The summed E-state index contributed by atoms with van der Waals surface area (Å²) in [6.07, 6.45) is -3.36. The number of aryl methyl sites for hydroxylation is 1. The summed E-state index contributed by atoms with van der Waals surface area (Å²) >= 11 is 0. The molecule has 1 aromatic rings. The minimum absolute atomic E-state index is 0. The first-order valence-electron chi connectivity index (χ1n) is 8.43. The Morgan fingerprint density at radius 1 is 1.21 bits per heavy atom. The van der Waals surface area contributed by atoms with Crippen molar-refractivity contribution in [2.45, 2.75) is 39.0 Å². The van der Waals surface area contributed by atoms with E-state index in [2.05, 4.69) is 20.3 Å². The van der Waals surface area contributed by atoms with Crippen LogP contribution < -0.4 is 20.1 Å². The summed E-state index contributed by atoms with van der Waals surface area (Å²) in [5.41, 5.74) is 0.541. The van der Waals surface area contributed by atoms with Gasteiger partial charge in [0.2, 0.25) is 10.0 Å². The summed E-state index contributed by atoms with van der Waals surface area (Å²) in [5, 5.41) is 5.96. The van der Waals surface area contributed by atoms with E-state index < -0.39 is 28.3 Å². The SMILES string of the molecule is CN=C(NCc1ccc(C)cc1OCC(F)(F)F)NCC(C)(C)NS(C)(=O)=O.I. The highest BCUT2D eigenvalue weighted by Crippen LogP contribution is 2.23. The van der Waals surface area contributed by atoms with Crippen molar-refractivity contribution in [3.63, 3.8) is 0 Å². The van der Waals surface area contributed by atoms with Crippen molar-refractivity contribution in [1.29, 1.82) is 0 Å². The quantitative estimate of drug-likeness (QED) is 0.262. The molecule has 0 bridgehead atoms. The van der Waals surface area contributed by atoms with Crippen LogP contribution in [0.25, 0.3) is 0 Å². The van der Waals surface area contributed by atoms with Gasteiger partial charge in [-0.25, -0.2) is 13.1 Å². The Morgan fingerprint density at radius 2 is 1.83 bits per heavy atom. The summed E-state index contributed by atoms with van der Waals surface area (Å²) in [7, 11) is -1.85. The molecule has 168 valence electrons. The van der Waals surface area contributed by atoms with Gasteiger partial charge < -0.3 is 15.4 Å². The van der Waals surface area contributed by atoms with E-state index in [1.54, 1.807) is 32.9 Å². The average Bonchev–Trinajstić information content (AvgIpc) is 2.51. The predicted octanol–water partition coefficient (Wildman–Crippen LogP) is 2.55. The molecule has 0 heterocycles. The highest BCUT2D eigenvalue weighted by atomic mass is 127. The number of hydrogen-bond donors (Lipinski definition) is 3. The number of nitrogens with zero attached hydrogens (tertiary/aromatic N) is 1. The van der Waals surface area contributed by atoms with Crippen LogP contribution in [0.4, 0.5) is 13.2 Å². The Morgan fingerprint density at radius 3 is 2.34 bits per heavy atom. The lowest BCUT2D eigenvalue weighted by Gasteiger charge is -2.26. The second-order valence-corrected chi connectivity index (χ2v) is 8.80. The molecule has 1 aromatic carbocycles. The maximum atomic E-state index is 12.5. The molecule has 7 nitrogen and oxygen atoms in total. The molecule has 12 heteroatoms. The zero-order valence-electron chi connectivity index (χ0n) is 17.0. The van der Waals surface area contributed by atoms with Gasteiger partial charge in [0, 0.05) is 31.2 Å².